The molecule has 0 spiro atoms. The van der Waals surface area contributed by atoms with Crippen LogP contribution in [0, 0.1) is 0 Å². The minimum absolute atomic E-state index is 0.0417. The molecule has 0 amide bonds. The normalized spacial score (nSPS) is 18.5. The molecule has 0 bridgehead atoms. The van der Waals surface area contributed by atoms with E-state index in [0.29, 0.717) is 5.75 Å². The third-order valence-corrected chi connectivity index (χ3v) is 3.29. The van der Waals surface area contributed by atoms with Gasteiger partial charge >= 0.3 is 0 Å². The Morgan fingerprint density at radius 1 is 1.50 bits per heavy atom. The first-order valence-corrected chi connectivity index (χ1v) is 4.80. The van der Waals surface area contributed by atoms with Gasteiger partial charge in [0.25, 0.3) is 0 Å². The van der Waals surface area contributed by atoms with Crippen LogP contribution in [0.4, 0.5) is 0 Å². The minimum Gasteiger partial charge on any atom is -0.327 e. The Kier molecular flexibility index (Phi) is 3.52. The lowest BCUT2D eigenvalue weighted by Crippen LogP contribution is -2.32. The van der Waals surface area contributed by atoms with Crippen molar-refractivity contribution in [1.82, 2.24) is 0 Å². The fourth-order valence-electron chi connectivity index (χ4n) is 0.489. The Balaban J connectivity index is 3.87. The molecule has 0 aliphatic rings. The molecule has 0 aromatic rings. The molecule has 62 valence electrons. The van der Waals surface area contributed by atoms with Crippen LogP contribution in [0.25, 0.3) is 0 Å². The largest absolute Gasteiger partial charge is 0.327 e. The predicted octanol–water partition coefficient (Wildman–Crippen LogP) is 0.881. The molecule has 10 heavy (non-hydrogen) atoms. The van der Waals surface area contributed by atoms with Crippen LogP contribution in [0.15, 0.2) is 0 Å². The van der Waals surface area contributed by atoms with Crippen molar-refractivity contribution in [2.75, 3.05) is 5.75 Å². The molecule has 0 aromatic carbocycles. The van der Waals surface area contributed by atoms with Crippen LogP contribution in [0.3, 0.4) is 0 Å². The molecule has 2 unspecified atom stereocenters. The first-order valence-electron chi connectivity index (χ1n) is 3.48. The van der Waals surface area contributed by atoms with E-state index in [9.17, 15) is 4.21 Å². The Bertz CT molecular complexity index is 126. The van der Waals surface area contributed by atoms with Crippen LogP contribution in [-0.4, -0.2) is 20.8 Å². The second-order valence-corrected chi connectivity index (χ2v) is 5.85. The number of nitrogens with two attached hydrogens (primary N) is 1. The van der Waals surface area contributed by atoms with E-state index in [-0.39, 0.29) is 10.8 Å². The van der Waals surface area contributed by atoms with E-state index in [4.69, 9.17) is 5.73 Å². The van der Waals surface area contributed by atoms with Crippen molar-refractivity contribution in [2.45, 2.75) is 38.5 Å². The van der Waals surface area contributed by atoms with Crippen LogP contribution in [0.1, 0.15) is 27.7 Å². The lowest BCUT2D eigenvalue weighted by Gasteiger charge is -2.18. The summed E-state index contributed by atoms with van der Waals surface area (Å²) in [4.78, 5) is 0. The second-order valence-electron chi connectivity index (χ2n) is 3.60. The van der Waals surface area contributed by atoms with Crippen molar-refractivity contribution in [1.29, 1.82) is 0 Å². The van der Waals surface area contributed by atoms with Crippen molar-refractivity contribution in [3.8, 4) is 0 Å². The summed E-state index contributed by atoms with van der Waals surface area (Å²) in [7, 11) is -0.792. The van der Waals surface area contributed by atoms with Crippen molar-refractivity contribution in [2.24, 2.45) is 5.73 Å². The molecule has 2 atom stereocenters. The molecule has 2 nitrogen and oxygen atoms in total. The van der Waals surface area contributed by atoms with E-state index in [1.165, 1.54) is 0 Å². The van der Waals surface area contributed by atoms with Gasteiger partial charge in [-0.05, 0) is 27.7 Å². The van der Waals surface area contributed by atoms with E-state index in [1.807, 2.05) is 27.7 Å². The van der Waals surface area contributed by atoms with Gasteiger partial charge in [-0.1, -0.05) is 0 Å². The molecule has 0 aliphatic carbocycles. The van der Waals surface area contributed by atoms with Crippen LogP contribution in [0.5, 0.6) is 0 Å². The highest BCUT2D eigenvalue weighted by Crippen LogP contribution is 2.11. The van der Waals surface area contributed by atoms with Crippen molar-refractivity contribution >= 4 is 10.8 Å². The summed E-state index contributed by atoms with van der Waals surface area (Å²) in [5.74, 6) is 0.601. The van der Waals surface area contributed by atoms with Gasteiger partial charge < -0.3 is 5.73 Å². The quantitative estimate of drug-likeness (QED) is 0.656. The van der Waals surface area contributed by atoms with E-state index in [0.717, 1.165) is 0 Å². The Labute approximate surface area is 65.6 Å². The summed E-state index contributed by atoms with van der Waals surface area (Å²) in [6.07, 6.45) is 0. The maximum Gasteiger partial charge on any atom is 0.0389 e. The van der Waals surface area contributed by atoms with Crippen LogP contribution in [0.2, 0.25) is 0 Å². The highest BCUT2D eigenvalue weighted by atomic mass is 32.2. The Morgan fingerprint density at radius 3 is 2.00 bits per heavy atom. The van der Waals surface area contributed by atoms with Gasteiger partial charge in [0.05, 0.1) is 0 Å². The zero-order valence-electron chi connectivity index (χ0n) is 7.18. The Hall–Kier alpha value is 0.110. The summed E-state index contributed by atoms with van der Waals surface area (Å²) >= 11 is 0. The van der Waals surface area contributed by atoms with Gasteiger partial charge in [-0.15, -0.1) is 0 Å². The van der Waals surface area contributed by atoms with E-state index < -0.39 is 10.8 Å². The Morgan fingerprint density at radius 2 is 1.90 bits per heavy atom. The predicted molar refractivity (Wildman–Crippen MR) is 46.4 cm³/mol. The molecule has 0 rings (SSSR count). The lowest BCUT2D eigenvalue weighted by atomic mass is 10.3. The zero-order chi connectivity index (χ0) is 8.36. The first kappa shape index (κ1) is 10.1. The molecule has 0 fully saturated rings. The topological polar surface area (TPSA) is 43.1 Å². The third kappa shape index (κ3) is 4.01. The highest BCUT2D eigenvalue weighted by molar-refractivity contribution is 7.86. The van der Waals surface area contributed by atoms with Gasteiger partial charge in [0.1, 0.15) is 0 Å². The standard InChI is InChI=1S/C7H17NOS/c1-6(8)5-10(9)7(2,3)4/h6H,5,8H2,1-4H3. The maximum atomic E-state index is 11.3. The smallest absolute Gasteiger partial charge is 0.0389 e. The molecule has 0 heterocycles. The van der Waals surface area contributed by atoms with Gasteiger partial charge in [0.15, 0.2) is 0 Å². The molecule has 0 aromatic heterocycles. The van der Waals surface area contributed by atoms with Crippen LogP contribution in [-0.2, 0) is 10.8 Å². The first-order chi connectivity index (χ1) is 4.34. The summed E-state index contributed by atoms with van der Waals surface area (Å²) in [6, 6.07) is 0.0417. The molecule has 0 saturated heterocycles. The summed E-state index contributed by atoms with van der Waals surface area (Å²) < 4.78 is 11.2. The van der Waals surface area contributed by atoms with Gasteiger partial charge in [-0.2, -0.15) is 0 Å². The fourth-order valence-corrected chi connectivity index (χ4v) is 1.47. The maximum absolute atomic E-state index is 11.3. The SMILES string of the molecule is CC(N)CS(=O)C(C)(C)C. The molecule has 0 aliphatic heterocycles. The van der Waals surface area contributed by atoms with E-state index in [1.54, 1.807) is 0 Å². The van der Waals surface area contributed by atoms with E-state index >= 15 is 0 Å². The second kappa shape index (κ2) is 3.49. The number of hydrogen-bond donors (Lipinski definition) is 1. The molecule has 0 saturated carbocycles. The summed E-state index contributed by atoms with van der Waals surface area (Å²) in [5.41, 5.74) is 5.50. The summed E-state index contributed by atoms with van der Waals surface area (Å²) in [5, 5.41) is 0. The van der Waals surface area contributed by atoms with Crippen molar-refractivity contribution < 1.29 is 4.21 Å². The molecule has 2 N–H and O–H groups in total. The average molecular weight is 163 g/mol. The van der Waals surface area contributed by atoms with Crippen molar-refractivity contribution in [3.63, 3.8) is 0 Å². The zero-order valence-corrected chi connectivity index (χ0v) is 7.99. The minimum atomic E-state index is -0.792. The fraction of sp³-hybridized carbons (Fsp3) is 1.00. The highest BCUT2D eigenvalue weighted by Gasteiger charge is 2.19. The summed E-state index contributed by atoms with van der Waals surface area (Å²) in [6.45, 7) is 7.77. The van der Waals surface area contributed by atoms with Crippen LogP contribution >= 0.6 is 0 Å². The monoisotopic (exact) mass is 163 g/mol. The van der Waals surface area contributed by atoms with E-state index in [2.05, 4.69) is 0 Å². The number of rotatable bonds is 2. The van der Waals surface area contributed by atoms with Crippen LogP contribution < -0.4 is 5.73 Å². The molecule has 3 heteroatoms. The molecule has 0 radical (unpaired) electrons. The van der Waals surface area contributed by atoms with Crippen molar-refractivity contribution in [3.05, 3.63) is 0 Å². The number of hydrogen-bond acceptors (Lipinski definition) is 2. The van der Waals surface area contributed by atoms with Gasteiger partial charge in [-0.3, -0.25) is 4.21 Å². The molecular formula is C7H17NOS. The van der Waals surface area contributed by atoms with Gasteiger partial charge in [0.2, 0.25) is 0 Å². The molecular weight excluding hydrogens is 146 g/mol. The van der Waals surface area contributed by atoms with Gasteiger partial charge in [-0.25, -0.2) is 0 Å². The lowest BCUT2D eigenvalue weighted by molar-refractivity contribution is 0.642. The average Bonchev–Trinajstić information content (AvgIpc) is 1.60. The van der Waals surface area contributed by atoms with Gasteiger partial charge in [0, 0.05) is 27.3 Å². The third-order valence-electron chi connectivity index (χ3n) is 1.10.